The van der Waals surface area contributed by atoms with Crippen LogP contribution in [0.5, 0.6) is 0 Å². The van der Waals surface area contributed by atoms with Crippen molar-refractivity contribution in [1.82, 2.24) is 4.98 Å². The molecule has 2 rings (SSSR count). The molecule has 1 fully saturated rings. The van der Waals surface area contributed by atoms with Gasteiger partial charge in [-0.1, -0.05) is 30.9 Å². The first-order valence-electron chi connectivity index (χ1n) is 6.51. The normalized spacial score (nSPS) is 16.8. The van der Waals surface area contributed by atoms with Crippen LogP contribution in [0.2, 0.25) is 5.15 Å². The number of halogens is 1. The Bertz CT molecular complexity index is 374. The van der Waals surface area contributed by atoms with E-state index in [0.717, 1.165) is 18.7 Å². The van der Waals surface area contributed by atoms with Gasteiger partial charge >= 0.3 is 0 Å². The first-order valence-corrected chi connectivity index (χ1v) is 6.89. The number of aliphatic hydroxyl groups is 1. The highest BCUT2D eigenvalue weighted by molar-refractivity contribution is 6.29. The number of nitrogens with two attached hydrogens (primary N) is 1. The van der Waals surface area contributed by atoms with Crippen LogP contribution < -0.4 is 10.6 Å². The third kappa shape index (κ3) is 3.27. The van der Waals surface area contributed by atoms with Crippen LogP contribution in [0.1, 0.15) is 32.1 Å². The van der Waals surface area contributed by atoms with Crippen molar-refractivity contribution >= 4 is 23.1 Å². The minimum atomic E-state index is 0.116. The lowest BCUT2D eigenvalue weighted by Gasteiger charge is -2.35. The molecule has 0 bridgehead atoms. The van der Waals surface area contributed by atoms with Crippen LogP contribution in [0.25, 0.3) is 0 Å². The molecule has 1 aromatic rings. The molecule has 0 aromatic carbocycles. The molecule has 4 nitrogen and oxygen atoms in total. The van der Waals surface area contributed by atoms with Crippen molar-refractivity contribution < 1.29 is 5.11 Å². The van der Waals surface area contributed by atoms with Gasteiger partial charge in [0.25, 0.3) is 0 Å². The molecule has 5 heteroatoms. The molecule has 18 heavy (non-hydrogen) atoms. The molecular formula is C13H20ClN3O. The Morgan fingerprint density at radius 2 is 2.06 bits per heavy atom. The Balaban J connectivity index is 2.22. The second-order valence-corrected chi connectivity index (χ2v) is 5.18. The van der Waals surface area contributed by atoms with Crippen LogP contribution in [0.4, 0.5) is 11.5 Å². The molecule has 3 N–H and O–H groups in total. The van der Waals surface area contributed by atoms with Crippen molar-refractivity contribution in [3.63, 3.8) is 0 Å². The zero-order chi connectivity index (χ0) is 13.0. The summed E-state index contributed by atoms with van der Waals surface area (Å²) in [6.45, 7) is 0.696. The van der Waals surface area contributed by atoms with Gasteiger partial charge in [-0.25, -0.2) is 4.98 Å². The Morgan fingerprint density at radius 3 is 2.67 bits per heavy atom. The number of aliphatic hydroxyl groups excluding tert-OH is 1. The number of nitrogens with zero attached hydrogens (tertiary/aromatic N) is 2. The number of nitrogen functional groups attached to an aromatic ring is 1. The summed E-state index contributed by atoms with van der Waals surface area (Å²) < 4.78 is 0. The molecule has 0 atom stereocenters. The van der Waals surface area contributed by atoms with Crippen molar-refractivity contribution in [2.24, 2.45) is 0 Å². The quantitative estimate of drug-likeness (QED) is 0.825. The van der Waals surface area contributed by atoms with E-state index >= 15 is 0 Å². The smallest absolute Gasteiger partial charge is 0.133 e. The van der Waals surface area contributed by atoms with Gasteiger partial charge in [0.2, 0.25) is 0 Å². The van der Waals surface area contributed by atoms with Crippen LogP contribution in [-0.2, 0) is 0 Å². The average Bonchev–Trinajstić information content (AvgIpc) is 2.36. The van der Waals surface area contributed by atoms with Crippen LogP contribution in [0.3, 0.4) is 0 Å². The summed E-state index contributed by atoms with van der Waals surface area (Å²) >= 11 is 5.95. The molecule has 1 aliphatic carbocycles. The lowest BCUT2D eigenvalue weighted by Crippen LogP contribution is -2.39. The Hall–Kier alpha value is -1.00. The number of aromatic nitrogens is 1. The van der Waals surface area contributed by atoms with Crippen molar-refractivity contribution in [2.45, 2.75) is 38.1 Å². The largest absolute Gasteiger partial charge is 0.399 e. The highest BCUT2D eigenvalue weighted by Gasteiger charge is 2.22. The lowest BCUT2D eigenvalue weighted by atomic mass is 9.94. The fourth-order valence-corrected chi connectivity index (χ4v) is 2.85. The van der Waals surface area contributed by atoms with Crippen molar-refractivity contribution in [2.75, 3.05) is 23.8 Å². The molecule has 100 valence electrons. The van der Waals surface area contributed by atoms with Gasteiger partial charge in [0.05, 0.1) is 6.61 Å². The van der Waals surface area contributed by atoms with Gasteiger partial charge in [-0.15, -0.1) is 0 Å². The number of hydrogen-bond acceptors (Lipinski definition) is 4. The van der Waals surface area contributed by atoms with Gasteiger partial charge in [0.1, 0.15) is 11.0 Å². The summed E-state index contributed by atoms with van der Waals surface area (Å²) in [5, 5.41) is 9.64. The molecule has 0 radical (unpaired) electrons. The predicted octanol–water partition coefficient (Wildman–Crippen LogP) is 2.45. The molecule has 0 aliphatic heterocycles. The van der Waals surface area contributed by atoms with Gasteiger partial charge in [-0.3, -0.25) is 0 Å². The van der Waals surface area contributed by atoms with E-state index < -0.39 is 0 Å². The molecule has 0 spiro atoms. The third-order valence-corrected chi connectivity index (χ3v) is 3.65. The second kappa shape index (κ2) is 6.25. The minimum Gasteiger partial charge on any atom is -0.399 e. The van der Waals surface area contributed by atoms with Gasteiger partial charge in [0.15, 0.2) is 0 Å². The highest BCUT2D eigenvalue weighted by Crippen LogP contribution is 2.28. The summed E-state index contributed by atoms with van der Waals surface area (Å²) in [4.78, 5) is 6.47. The number of rotatable bonds is 4. The van der Waals surface area contributed by atoms with E-state index in [0.29, 0.717) is 23.4 Å². The number of anilines is 2. The lowest BCUT2D eigenvalue weighted by molar-refractivity contribution is 0.289. The fraction of sp³-hybridized carbons (Fsp3) is 0.615. The zero-order valence-electron chi connectivity index (χ0n) is 10.5. The fourth-order valence-electron chi connectivity index (χ4n) is 2.63. The van der Waals surface area contributed by atoms with E-state index in [1.165, 1.54) is 19.3 Å². The van der Waals surface area contributed by atoms with Crippen LogP contribution in [0.15, 0.2) is 12.1 Å². The molecular weight excluding hydrogens is 250 g/mol. The van der Waals surface area contributed by atoms with E-state index in [9.17, 15) is 5.11 Å². The summed E-state index contributed by atoms with van der Waals surface area (Å²) in [6.07, 6.45) is 6.07. The molecule has 0 amide bonds. The van der Waals surface area contributed by atoms with Crippen molar-refractivity contribution in [3.05, 3.63) is 17.3 Å². The van der Waals surface area contributed by atoms with Gasteiger partial charge in [0, 0.05) is 24.3 Å². The Kier molecular flexibility index (Phi) is 4.66. The first kappa shape index (κ1) is 13.4. The van der Waals surface area contributed by atoms with E-state index in [1.807, 2.05) is 6.07 Å². The topological polar surface area (TPSA) is 62.4 Å². The maximum atomic E-state index is 9.23. The predicted molar refractivity (Wildman–Crippen MR) is 75.0 cm³/mol. The summed E-state index contributed by atoms with van der Waals surface area (Å²) in [7, 11) is 0. The van der Waals surface area contributed by atoms with Crippen LogP contribution in [-0.4, -0.2) is 29.3 Å². The Morgan fingerprint density at radius 1 is 1.33 bits per heavy atom. The first-order chi connectivity index (χ1) is 8.70. The van der Waals surface area contributed by atoms with Crippen LogP contribution >= 0.6 is 11.6 Å². The second-order valence-electron chi connectivity index (χ2n) is 4.79. The summed E-state index contributed by atoms with van der Waals surface area (Å²) in [5.74, 6) is 0.779. The summed E-state index contributed by atoms with van der Waals surface area (Å²) in [6, 6.07) is 3.91. The number of hydrogen-bond donors (Lipinski definition) is 2. The zero-order valence-corrected chi connectivity index (χ0v) is 11.2. The summed E-state index contributed by atoms with van der Waals surface area (Å²) in [5.41, 5.74) is 6.42. The van der Waals surface area contributed by atoms with E-state index in [4.69, 9.17) is 17.3 Å². The van der Waals surface area contributed by atoms with Crippen LogP contribution in [0, 0.1) is 0 Å². The SMILES string of the molecule is Nc1cc(Cl)nc(N(CCO)C2CCCCC2)c1. The molecule has 0 unspecified atom stereocenters. The van der Waals surface area contributed by atoms with E-state index in [1.54, 1.807) is 6.07 Å². The molecule has 1 aliphatic rings. The van der Waals surface area contributed by atoms with Gasteiger partial charge in [-0.05, 0) is 18.9 Å². The molecule has 1 saturated carbocycles. The third-order valence-electron chi connectivity index (χ3n) is 3.45. The van der Waals surface area contributed by atoms with Crippen molar-refractivity contribution in [1.29, 1.82) is 0 Å². The molecule has 1 aromatic heterocycles. The molecule has 1 heterocycles. The minimum absolute atomic E-state index is 0.116. The Labute approximate surface area is 113 Å². The monoisotopic (exact) mass is 269 g/mol. The van der Waals surface area contributed by atoms with E-state index in [2.05, 4.69) is 9.88 Å². The van der Waals surface area contributed by atoms with Gasteiger partial charge in [-0.2, -0.15) is 0 Å². The standard InChI is InChI=1S/C13H20ClN3O/c14-12-8-10(15)9-13(16-12)17(6-7-18)11-4-2-1-3-5-11/h8-9,11,18H,1-7H2,(H2,15,16). The maximum Gasteiger partial charge on any atom is 0.133 e. The van der Waals surface area contributed by atoms with E-state index in [-0.39, 0.29) is 6.61 Å². The molecule has 0 saturated heterocycles. The highest BCUT2D eigenvalue weighted by atomic mass is 35.5. The number of pyridine rings is 1. The van der Waals surface area contributed by atoms with Crippen molar-refractivity contribution in [3.8, 4) is 0 Å². The van der Waals surface area contributed by atoms with Gasteiger partial charge < -0.3 is 15.7 Å². The maximum absolute atomic E-state index is 9.23. The average molecular weight is 270 g/mol.